The Balaban J connectivity index is 1.52. The number of furan rings is 1. The predicted molar refractivity (Wildman–Crippen MR) is 112 cm³/mol. The lowest BCUT2D eigenvalue weighted by Crippen LogP contribution is -2.38. The highest BCUT2D eigenvalue weighted by Crippen LogP contribution is 2.24. The first-order chi connectivity index (χ1) is 12.8. The smallest absolute Gasteiger partial charge is 0.170 e. The summed E-state index contributed by atoms with van der Waals surface area (Å²) in [7, 11) is 0. The summed E-state index contributed by atoms with van der Waals surface area (Å²) >= 11 is 5.49. The zero-order valence-electron chi connectivity index (χ0n) is 15.5. The van der Waals surface area contributed by atoms with Crippen LogP contribution in [0.1, 0.15) is 50.0 Å². The van der Waals surface area contributed by atoms with Crippen molar-refractivity contribution in [1.29, 1.82) is 0 Å². The molecule has 2 aromatic rings. The fourth-order valence-corrected chi connectivity index (χ4v) is 3.65. The van der Waals surface area contributed by atoms with E-state index in [0.717, 1.165) is 37.5 Å². The van der Waals surface area contributed by atoms with E-state index in [1.165, 1.54) is 31.2 Å². The molecule has 0 spiro atoms. The highest BCUT2D eigenvalue weighted by Gasteiger charge is 2.25. The molecule has 140 valence electrons. The van der Waals surface area contributed by atoms with E-state index < -0.39 is 0 Å². The number of aryl methyl sites for hydroxylation is 1. The van der Waals surface area contributed by atoms with Gasteiger partial charge in [-0.05, 0) is 80.8 Å². The number of rotatable bonds is 8. The summed E-state index contributed by atoms with van der Waals surface area (Å²) in [6, 6.07) is 12.8. The summed E-state index contributed by atoms with van der Waals surface area (Å²) in [5, 5.41) is 7.31. The second kappa shape index (κ2) is 9.74. The van der Waals surface area contributed by atoms with Gasteiger partial charge in [0.2, 0.25) is 0 Å². The molecule has 3 rings (SSSR count). The molecule has 2 N–H and O–H groups in total. The predicted octanol–water partition coefficient (Wildman–Crippen LogP) is 4.75. The van der Waals surface area contributed by atoms with Crippen LogP contribution in [0.15, 0.2) is 47.1 Å². The van der Waals surface area contributed by atoms with E-state index >= 15 is 0 Å². The molecule has 1 aromatic heterocycles. The number of nitrogens with zero attached hydrogens (tertiary/aromatic N) is 1. The van der Waals surface area contributed by atoms with E-state index in [-0.39, 0.29) is 6.04 Å². The van der Waals surface area contributed by atoms with Crippen LogP contribution in [-0.2, 0) is 6.42 Å². The number of unbranched alkanes of at least 4 members (excludes halogenated alkanes) is 1. The molecule has 5 heteroatoms. The molecule has 0 bridgehead atoms. The third-order valence-corrected chi connectivity index (χ3v) is 5.19. The molecule has 1 aliphatic heterocycles. The van der Waals surface area contributed by atoms with Crippen LogP contribution in [0.5, 0.6) is 0 Å². The molecular weight excluding hydrogens is 342 g/mol. The molecule has 0 aliphatic carbocycles. The Morgan fingerprint density at radius 2 is 1.96 bits per heavy atom. The molecule has 2 heterocycles. The SMILES string of the molecule is CCCCc1ccc(NC(=S)NC[C@@H](c2ccco2)N2CCCC2)cc1. The Morgan fingerprint density at radius 3 is 2.62 bits per heavy atom. The average Bonchev–Trinajstić information content (AvgIpc) is 3.36. The van der Waals surface area contributed by atoms with Crippen LogP contribution < -0.4 is 10.6 Å². The molecule has 4 nitrogen and oxygen atoms in total. The van der Waals surface area contributed by atoms with Crippen LogP contribution in [0.25, 0.3) is 0 Å². The molecule has 1 atom stereocenters. The number of benzene rings is 1. The maximum atomic E-state index is 5.66. The average molecular weight is 372 g/mol. The fraction of sp³-hybridized carbons (Fsp3) is 0.476. The minimum atomic E-state index is 0.226. The van der Waals surface area contributed by atoms with Gasteiger partial charge in [0.05, 0.1) is 12.3 Å². The highest BCUT2D eigenvalue weighted by molar-refractivity contribution is 7.80. The zero-order valence-corrected chi connectivity index (χ0v) is 16.4. The molecule has 1 aromatic carbocycles. The fourth-order valence-electron chi connectivity index (χ4n) is 3.44. The normalized spacial score (nSPS) is 15.7. The lowest BCUT2D eigenvalue weighted by Gasteiger charge is -2.26. The van der Waals surface area contributed by atoms with Crippen LogP contribution in [0.3, 0.4) is 0 Å². The van der Waals surface area contributed by atoms with Crippen LogP contribution in [0.4, 0.5) is 5.69 Å². The van der Waals surface area contributed by atoms with Crippen LogP contribution in [-0.4, -0.2) is 29.6 Å². The summed E-state index contributed by atoms with van der Waals surface area (Å²) in [6.45, 7) is 5.20. The number of hydrogen-bond acceptors (Lipinski definition) is 3. The van der Waals surface area contributed by atoms with Gasteiger partial charge in [0.15, 0.2) is 5.11 Å². The van der Waals surface area contributed by atoms with Gasteiger partial charge in [-0.1, -0.05) is 25.5 Å². The number of nitrogens with one attached hydrogen (secondary N) is 2. The van der Waals surface area contributed by atoms with E-state index in [9.17, 15) is 0 Å². The summed E-state index contributed by atoms with van der Waals surface area (Å²) in [5.41, 5.74) is 2.40. The Morgan fingerprint density at radius 1 is 1.19 bits per heavy atom. The van der Waals surface area contributed by atoms with Gasteiger partial charge < -0.3 is 15.1 Å². The van der Waals surface area contributed by atoms with Crippen molar-refractivity contribution in [3.8, 4) is 0 Å². The van der Waals surface area contributed by atoms with E-state index in [1.54, 1.807) is 6.26 Å². The van der Waals surface area contributed by atoms with Crippen LogP contribution >= 0.6 is 12.2 Å². The van der Waals surface area contributed by atoms with Crippen molar-refractivity contribution in [1.82, 2.24) is 10.2 Å². The largest absolute Gasteiger partial charge is 0.468 e. The minimum Gasteiger partial charge on any atom is -0.468 e. The Labute approximate surface area is 162 Å². The minimum absolute atomic E-state index is 0.226. The second-order valence-electron chi connectivity index (χ2n) is 6.91. The molecule has 1 fully saturated rings. The van der Waals surface area contributed by atoms with Crippen LogP contribution in [0.2, 0.25) is 0 Å². The molecule has 26 heavy (non-hydrogen) atoms. The molecule has 1 saturated heterocycles. The highest BCUT2D eigenvalue weighted by atomic mass is 32.1. The van der Waals surface area contributed by atoms with E-state index in [1.807, 2.05) is 6.07 Å². The zero-order chi connectivity index (χ0) is 18.2. The summed E-state index contributed by atoms with van der Waals surface area (Å²) in [6.07, 6.45) is 7.85. The van der Waals surface area contributed by atoms with Crippen molar-refractivity contribution in [3.63, 3.8) is 0 Å². The second-order valence-corrected chi connectivity index (χ2v) is 7.32. The van der Waals surface area contributed by atoms with Crippen LogP contribution in [0, 0.1) is 0 Å². The molecule has 0 unspecified atom stereocenters. The first-order valence-electron chi connectivity index (χ1n) is 9.67. The number of thiocarbonyl (C=S) groups is 1. The van der Waals surface area contributed by atoms with Crippen molar-refractivity contribution >= 4 is 23.0 Å². The molecule has 1 aliphatic rings. The van der Waals surface area contributed by atoms with Gasteiger partial charge in [-0.3, -0.25) is 4.90 Å². The maximum Gasteiger partial charge on any atom is 0.170 e. The van der Waals surface area contributed by atoms with Gasteiger partial charge in [-0.15, -0.1) is 0 Å². The number of hydrogen-bond donors (Lipinski definition) is 2. The summed E-state index contributed by atoms with van der Waals surface area (Å²) in [4.78, 5) is 2.47. The van der Waals surface area contributed by atoms with Crippen molar-refractivity contribution < 1.29 is 4.42 Å². The van der Waals surface area contributed by atoms with Gasteiger partial charge >= 0.3 is 0 Å². The Hall–Kier alpha value is -1.85. The monoisotopic (exact) mass is 371 g/mol. The Bertz CT molecular complexity index is 663. The van der Waals surface area contributed by atoms with E-state index in [0.29, 0.717) is 5.11 Å². The topological polar surface area (TPSA) is 40.4 Å². The Kier molecular flexibility index (Phi) is 7.09. The molecule has 0 saturated carbocycles. The lowest BCUT2D eigenvalue weighted by atomic mass is 10.1. The van der Waals surface area contributed by atoms with Crippen molar-refractivity contribution in [2.75, 3.05) is 25.0 Å². The van der Waals surface area contributed by atoms with E-state index in [4.69, 9.17) is 16.6 Å². The maximum absolute atomic E-state index is 5.66. The summed E-state index contributed by atoms with van der Waals surface area (Å²) in [5.74, 6) is 1.00. The standard InChI is InChI=1S/C21H29N3OS/c1-2-3-7-17-9-11-18(12-10-17)23-21(26)22-16-19(20-8-6-15-25-20)24-13-4-5-14-24/h6,8-12,15,19H,2-5,7,13-14,16H2,1H3,(H2,22,23,26)/t19-/m0/s1. The lowest BCUT2D eigenvalue weighted by molar-refractivity contribution is 0.216. The van der Waals surface area contributed by atoms with Gasteiger partial charge in [0.1, 0.15) is 5.76 Å². The number of anilines is 1. The van der Waals surface area contributed by atoms with Crippen molar-refractivity contribution in [2.24, 2.45) is 0 Å². The third-order valence-electron chi connectivity index (χ3n) is 4.94. The summed E-state index contributed by atoms with van der Waals surface area (Å²) < 4.78 is 5.66. The first kappa shape index (κ1) is 18.9. The molecule has 0 radical (unpaired) electrons. The van der Waals surface area contributed by atoms with Crippen molar-refractivity contribution in [3.05, 3.63) is 54.0 Å². The number of likely N-dealkylation sites (tertiary alicyclic amines) is 1. The van der Waals surface area contributed by atoms with Gasteiger partial charge in [-0.25, -0.2) is 0 Å². The van der Waals surface area contributed by atoms with Gasteiger partial charge in [-0.2, -0.15) is 0 Å². The van der Waals surface area contributed by atoms with Gasteiger partial charge in [0, 0.05) is 12.2 Å². The molecular formula is C21H29N3OS. The van der Waals surface area contributed by atoms with E-state index in [2.05, 4.69) is 52.8 Å². The third kappa shape index (κ3) is 5.32. The molecule has 0 amide bonds. The van der Waals surface area contributed by atoms with Gasteiger partial charge in [0.25, 0.3) is 0 Å². The quantitative estimate of drug-likeness (QED) is 0.656. The van der Waals surface area contributed by atoms with Crippen molar-refractivity contribution in [2.45, 2.75) is 45.1 Å². The first-order valence-corrected chi connectivity index (χ1v) is 10.1.